The first-order chi connectivity index (χ1) is 18.4. The number of nitrogens with zero attached hydrogens (tertiary/aromatic N) is 3. The third-order valence-corrected chi connectivity index (χ3v) is 8.10. The van der Waals surface area contributed by atoms with Gasteiger partial charge in [-0.1, -0.05) is 42.5 Å². The highest BCUT2D eigenvalue weighted by molar-refractivity contribution is 7.92. The summed E-state index contributed by atoms with van der Waals surface area (Å²) in [5.74, 6) is -0.244. The number of sulfonamides is 1. The summed E-state index contributed by atoms with van der Waals surface area (Å²) in [6.45, 7) is 5.06. The summed E-state index contributed by atoms with van der Waals surface area (Å²) in [7, 11) is -4.09. The van der Waals surface area contributed by atoms with E-state index in [1.165, 1.54) is 36.4 Å². The van der Waals surface area contributed by atoms with Crippen LogP contribution >= 0.6 is 0 Å². The summed E-state index contributed by atoms with van der Waals surface area (Å²) in [5, 5.41) is 0. The van der Waals surface area contributed by atoms with Crippen molar-refractivity contribution in [3.63, 3.8) is 0 Å². The predicted molar refractivity (Wildman–Crippen MR) is 147 cm³/mol. The molecule has 0 bridgehead atoms. The van der Waals surface area contributed by atoms with Crippen LogP contribution in [0.4, 0.5) is 10.1 Å². The van der Waals surface area contributed by atoms with Gasteiger partial charge in [0.05, 0.1) is 17.2 Å². The Morgan fingerprint density at radius 2 is 1.61 bits per heavy atom. The van der Waals surface area contributed by atoms with E-state index in [0.29, 0.717) is 38.5 Å². The normalized spacial score (nSPS) is 14.5. The molecule has 0 N–H and O–H groups in total. The van der Waals surface area contributed by atoms with Crippen molar-refractivity contribution >= 4 is 27.7 Å². The quantitative estimate of drug-likeness (QED) is 0.386. The van der Waals surface area contributed by atoms with Crippen molar-refractivity contribution in [2.75, 3.05) is 50.2 Å². The van der Waals surface area contributed by atoms with Gasteiger partial charge in [0.1, 0.15) is 18.1 Å². The fourth-order valence-electron chi connectivity index (χ4n) is 4.23. The van der Waals surface area contributed by atoms with Crippen molar-refractivity contribution in [3.8, 4) is 5.75 Å². The van der Waals surface area contributed by atoms with Crippen LogP contribution in [0.1, 0.15) is 12.5 Å². The van der Waals surface area contributed by atoms with Gasteiger partial charge in [0, 0.05) is 32.7 Å². The van der Waals surface area contributed by atoms with Crippen LogP contribution in [-0.2, 0) is 14.8 Å². The predicted octanol–water partition coefficient (Wildman–Crippen LogP) is 4.28. The molecule has 9 heteroatoms. The molecule has 1 amide bonds. The van der Waals surface area contributed by atoms with Crippen LogP contribution in [0.3, 0.4) is 0 Å². The maximum absolute atomic E-state index is 13.6. The smallest absolute Gasteiger partial charge is 0.264 e. The molecule has 38 heavy (non-hydrogen) atoms. The van der Waals surface area contributed by atoms with Crippen molar-refractivity contribution < 1.29 is 22.3 Å². The maximum Gasteiger partial charge on any atom is 0.264 e. The number of hydrogen-bond acceptors (Lipinski definition) is 5. The van der Waals surface area contributed by atoms with Crippen molar-refractivity contribution in [1.29, 1.82) is 0 Å². The second kappa shape index (κ2) is 12.7. The van der Waals surface area contributed by atoms with Gasteiger partial charge in [0.25, 0.3) is 10.0 Å². The first-order valence-corrected chi connectivity index (χ1v) is 14.0. The van der Waals surface area contributed by atoms with E-state index in [1.54, 1.807) is 17.0 Å². The molecule has 1 aliphatic rings. The number of amides is 1. The molecule has 0 aliphatic carbocycles. The van der Waals surface area contributed by atoms with Crippen LogP contribution < -0.4 is 9.04 Å². The third-order valence-electron chi connectivity index (χ3n) is 6.31. The molecular formula is C29H32FN3O4S. The van der Waals surface area contributed by atoms with Crippen LogP contribution in [0, 0.1) is 5.82 Å². The average Bonchev–Trinajstić information content (AvgIpc) is 2.93. The van der Waals surface area contributed by atoms with Crippen molar-refractivity contribution in [2.24, 2.45) is 0 Å². The van der Waals surface area contributed by atoms with E-state index in [9.17, 15) is 17.6 Å². The van der Waals surface area contributed by atoms with Crippen molar-refractivity contribution in [1.82, 2.24) is 9.80 Å². The summed E-state index contributed by atoms with van der Waals surface area (Å²) < 4.78 is 47.2. The average molecular weight is 538 g/mol. The van der Waals surface area contributed by atoms with E-state index in [0.717, 1.165) is 16.4 Å². The zero-order valence-electron chi connectivity index (χ0n) is 21.4. The molecule has 3 aromatic rings. The number of halogens is 1. The van der Waals surface area contributed by atoms with Crippen LogP contribution in [0.2, 0.25) is 0 Å². The molecule has 4 rings (SSSR count). The molecule has 1 fully saturated rings. The summed E-state index contributed by atoms with van der Waals surface area (Å²) in [6.07, 6.45) is 4.18. The van der Waals surface area contributed by atoms with Gasteiger partial charge in [-0.3, -0.25) is 14.0 Å². The number of ether oxygens (including phenoxy) is 1. The van der Waals surface area contributed by atoms with Gasteiger partial charge in [0.2, 0.25) is 5.91 Å². The molecule has 0 unspecified atom stereocenters. The maximum atomic E-state index is 13.6. The Morgan fingerprint density at radius 1 is 0.947 bits per heavy atom. The van der Waals surface area contributed by atoms with Gasteiger partial charge in [-0.2, -0.15) is 0 Å². The Kier molecular flexibility index (Phi) is 9.15. The number of carbonyl (C=O) groups excluding carboxylic acids is 1. The standard InChI is InChI=1S/C29H32FN3O4S/c1-2-37-27-14-16-28(17-15-27)38(35,36)33(26-12-10-25(30)11-13-26)23-29(34)32-21-19-31(20-22-32)18-6-9-24-7-4-3-5-8-24/h3-17H,2,18-23H2,1H3/b9-6+. The lowest BCUT2D eigenvalue weighted by Crippen LogP contribution is -2.51. The van der Waals surface area contributed by atoms with Crippen LogP contribution in [-0.4, -0.2) is 70.0 Å². The minimum absolute atomic E-state index is 0.0214. The molecular weight excluding hydrogens is 505 g/mol. The summed E-state index contributed by atoms with van der Waals surface area (Å²) >= 11 is 0. The van der Waals surface area contributed by atoms with Gasteiger partial charge < -0.3 is 9.64 Å². The second-order valence-electron chi connectivity index (χ2n) is 8.89. The number of piperazine rings is 1. The Labute approximate surface area is 223 Å². The Bertz CT molecular complexity index is 1320. The largest absolute Gasteiger partial charge is 0.494 e. The van der Waals surface area contributed by atoms with Gasteiger partial charge in [-0.15, -0.1) is 0 Å². The first-order valence-electron chi connectivity index (χ1n) is 12.6. The number of rotatable bonds is 10. The van der Waals surface area contributed by atoms with E-state index >= 15 is 0 Å². The zero-order chi connectivity index (χ0) is 27.0. The topological polar surface area (TPSA) is 70.2 Å². The SMILES string of the molecule is CCOc1ccc(S(=O)(=O)N(CC(=O)N2CCN(C/C=C/c3ccccc3)CC2)c2ccc(F)cc2)cc1. The number of carbonyl (C=O) groups is 1. The number of hydrogen-bond donors (Lipinski definition) is 0. The Balaban J connectivity index is 1.43. The molecule has 0 spiro atoms. The summed E-state index contributed by atoms with van der Waals surface area (Å²) in [5.41, 5.74) is 1.36. The van der Waals surface area contributed by atoms with Crippen LogP contribution in [0.25, 0.3) is 6.08 Å². The molecule has 0 radical (unpaired) electrons. The van der Waals surface area contributed by atoms with E-state index in [4.69, 9.17) is 4.74 Å². The zero-order valence-corrected chi connectivity index (χ0v) is 22.2. The van der Waals surface area contributed by atoms with E-state index in [-0.39, 0.29) is 23.0 Å². The van der Waals surface area contributed by atoms with Crippen molar-refractivity contribution in [2.45, 2.75) is 11.8 Å². The number of anilines is 1. The minimum atomic E-state index is -4.09. The molecule has 3 aromatic carbocycles. The van der Waals surface area contributed by atoms with E-state index in [1.807, 2.05) is 37.3 Å². The molecule has 0 aromatic heterocycles. The monoisotopic (exact) mass is 537 g/mol. The summed E-state index contributed by atoms with van der Waals surface area (Å²) in [6, 6.07) is 21.2. The summed E-state index contributed by atoms with van der Waals surface area (Å²) in [4.78, 5) is 17.2. The molecule has 1 heterocycles. The minimum Gasteiger partial charge on any atom is -0.494 e. The highest BCUT2D eigenvalue weighted by Crippen LogP contribution is 2.26. The first kappa shape index (κ1) is 27.3. The van der Waals surface area contributed by atoms with E-state index in [2.05, 4.69) is 17.1 Å². The Morgan fingerprint density at radius 3 is 2.24 bits per heavy atom. The fraction of sp³-hybridized carbons (Fsp3) is 0.276. The lowest BCUT2D eigenvalue weighted by Gasteiger charge is -2.35. The highest BCUT2D eigenvalue weighted by atomic mass is 32.2. The van der Waals surface area contributed by atoms with Gasteiger partial charge in [-0.05, 0) is 61.0 Å². The second-order valence-corrected chi connectivity index (χ2v) is 10.7. The van der Waals surface area contributed by atoms with E-state index < -0.39 is 15.8 Å². The Hall–Kier alpha value is -3.69. The fourth-order valence-corrected chi connectivity index (χ4v) is 5.64. The van der Waals surface area contributed by atoms with Gasteiger partial charge in [0.15, 0.2) is 0 Å². The molecule has 1 aliphatic heterocycles. The molecule has 7 nitrogen and oxygen atoms in total. The van der Waals surface area contributed by atoms with Crippen molar-refractivity contribution in [3.05, 3.63) is 96.3 Å². The molecule has 0 saturated carbocycles. The van der Waals surface area contributed by atoms with Gasteiger partial charge in [-0.25, -0.2) is 12.8 Å². The number of benzene rings is 3. The third kappa shape index (κ3) is 6.99. The van der Waals surface area contributed by atoms with Crippen LogP contribution in [0.15, 0.2) is 89.8 Å². The molecule has 1 saturated heterocycles. The lowest BCUT2D eigenvalue weighted by atomic mass is 10.2. The molecule has 200 valence electrons. The highest BCUT2D eigenvalue weighted by Gasteiger charge is 2.30. The molecule has 0 atom stereocenters. The van der Waals surface area contributed by atoms with Gasteiger partial charge >= 0.3 is 0 Å². The van der Waals surface area contributed by atoms with Crippen LogP contribution in [0.5, 0.6) is 5.75 Å². The lowest BCUT2D eigenvalue weighted by molar-refractivity contribution is -0.131.